The van der Waals surface area contributed by atoms with Crippen LogP contribution in [0.15, 0.2) is 36.4 Å². The second-order valence-electron chi connectivity index (χ2n) is 5.91. The van der Waals surface area contributed by atoms with E-state index in [1.807, 2.05) is 4.90 Å². The van der Waals surface area contributed by atoms with E-state index in [2.05, 4.69) is 15.5 Å². The quantitative estimate of drug-likeness (QED) is 0.864. The van der Waals surface area contributed by atoms with E-state index in [0.29, 0.717) is 55.0 Å². The number of amides is 2. The van der Waals surface area contributed by atoms with Crippen molar-refractivity contribution in [3.63, 3.8) is 0 Å². The van der Waals surface area contributed by atoms with E-state index >= 15 is 0 Å². The van der Waals surface area contributed by atoms with Crippen LogP contribution in [0, 0.1) is 0 Å². The average Bonchev–Trinajstić information content (AvgIpc) is 2.69. The Kier molecular flexibility index (Phi) is 6.08. The molecule has 0 spiro atoms. The standard InChI is InChI=1S/C18H20ClN5O3/c1-2-27-18(26)24-10-8-23(9-11-24)16-7-6-15(21-22-16)20-17(25)13-4-3-5-14(19)12-13/h3-7,12H,2,8-11H2,1H3,(H,20,21,25). The van der Waals surface area contributed by atoms with Crippen molar-refractivity contribution in [3.8, 4) is 0 Å². The fourth-order valence-corrected chi connectivity index (χ4v) is 2.90. The van der Waals surface area contributed by atoms with Crippen LogP contribution in [0.2, 0.25) is 5.02 Å². The van der Waals surface area contributed by atoms with Crippen molar-refractivity contribution < 1.29 is 14.3 Å². The molecule has 27 heavy (non-hydrogen) atoms. The van der Waals surface area contributed by atoms with Gasteiger partial charge in [0.1, 0.15) is 0 Å². The number of benzene rings is 1. The maximum Gasteiger partial charge on any atom is 0.409 e. The van der Waals surface area contributed by atoms with E-state index in [1.165, 1.54) is 0 Å². The number of piperazine rings is 1. The van der Waals surface area contributed by atoms with Gasteiger partial charge < -0.3 is 19.9 Å². The normalized spacial score (nSPS) is 14.0. The monoisotopic (exact) mass is 389 g/mol. The molecule has 1 aliphatic heterocycles. The minimum atomic E-state index is -0.303. The van der Waals surface area contributed by atoms with Gasteiger partial charge in [-0.2, -0.15) is 0 Å². The van der Waals surface area contributed by atoms with Crippen molar-refractivity contribution in [2.75, 3.05) is 43.0 Å². The van der Waals surface area contributed by atoms with E-state index in [-0.39, 0.29) is 12.0 Å². The van der Waals surface area contributed by atoms with E-state index in [0.717, 1.165) is 0 Å². The largest absolute Gasteiger partial charge is 0.450 e. The lowest BCUT2D eigenvalue weighted by Gasteiger charge is -2.34. The third-order valence-corrected chi connectivity index (χ3v) is 4.34. The zero-order valence-corrected chi connectivity index (χ0v) is 15.6. The number of aromatic nitrogens is 2. The summed E-state index contributed by atoms with van der Waals surface area (Å²) in [5, 5.41) is 11.4. The first-order valence-electron chi connectivity index (χ1n) is 8.64. The van der Waals surface area contributed by atoms with Gasteiger partial charge in [-0.3, -0.25) is 4.79 Å². The summed E-state index contributed by atoms with van der Waals surface area (Å²) in [5.74, 6) is 0.746. The molecule has 0 aliphatic carbocycles. The van der Waals surface area contributed by atoms with E-state index in [9.17, 15) is 9.59 Å². The molecule has 2 amide bonds. The van der Waals surface area contributed by atoms with Gasteiger partial charge in [0, 0.05) is 36.8 Å². The van der Waals surface area contributed by atoms with Gasteiger partial charge in [0.05, 0.1) is 6.61 Å². The Hall–Kier alpha value is -2.87. The van der Waals surface area contributed by atoms with Crippen molar-refractivity contribution >= 4 is 35.2 Å². The van der Waals surface area contributed by atoms with E-state index < -0.39 is 0 Å². The predicted molar refractivity (Wildman–Crippen MR) is 102 cm³/mol. The number of hydrogen-bond acceptors (Lipinski definition) is 6. The summed E-state index contributed by atoms with van der Waals surface area (Å²) in [5.41, 5.74) is 0.448. The van der Waals surface area contributed by atoms with Crippen molar-refractivity contribution in [3.05, 3.63) is 47.0 Å². The molecule has 1 aromatic heterocycles. The molecule has 1 aliphatic rings. The molecule has 1 aromatic carbocycles. The van der Waals surface area contributed by atoms with Crippen LogP contribution in [0.25, 0.3) is 0 Å². The van der Waals surface area contributed by atoms with Crippen LogP contribution in [-0.2, 0) is 4.74 Å². The number of anilines is 2. The second kappa shape index (κ2) is 8.68. The highest BCUT2D eigenvalue weighted by molar-refractivity contribution is 6.31. The van der Waals surface area contributed by atoms with Gasteiger partial charge in [-0.05, 0) is 37.3 Å². The molecule has 2 aromatic rings. The number of halogens is 1. The van der Waals surface area contributed by atoms with Crippen LogP contribution in [0.4, 0.5) is 16.4 Å². The second-order valence-corrected chi connectivity index (χ2v) is 6.35. The first kappa shape index (κ1) is 18.9. The highest BCUT2D eigenvalue weighted by atomic mass is 35.5. The fourth-order valence-electron chi connectivity index (χ4n) is 2.71. The number of ether oxygens (including phenoxy) is 1. The van der Waals surface area contributed by atoms with Crippen molar-refractivity contribution in [1.29, 1.82) is 0 Å². The molecule has 0 unspecified atom stereocenters. The Morgan fingerprint density at radius 3 is 2.56 bits per heavy atom. The molecule has 0 bridgehead atoms. The predicted octanol–water partition coefficient (Wildman–Crippen LogP) is 2.66. The Morgan fingerprint density at radius 1 is 1.15 bits per heavy atom. The molecule has 2 heterocycles. The lowest BCUT2D eigenvalue weighted by atomic mass is 10.2. The summed E-state index contributed by atoms with van der Waals surface area (Å²) in [6.07, 6.45) is -0.290. The average molecular weight is 390 g/mol. The van der Waals surface area contributed by atoms with E-state index in [1.54, 1.807) is 48.2 Å². The summed E-state index contributed by atoms with van der Waals surface area (Å²) >= 11 is 5.90. The number of nitrogens with zero attached hydrogens (tertiary/aromatic N) is 4. The molecule has 9 heteroatoms. The number of rotatable bonds is 4. The third-order valence-electron chi connectivity index (χ3n) is 4.11. The minimum Gasteiger partial charge on any atom is -0.450 e. The molecule has 0 saturated carbocycles. The summed E-state index contributed by atoms with van der Waals surface area (Å²) in [7, 11) is 0. The van der Waals surface area contributed by atoms with Crippen LogP contribution in [0.1, 0.15) is 17.3 Å². The molecule has 1 N–H and O–H groups in total. The topological polar surface area (TPSA) is 87.7 Å². The Bertz CT molecular complexity index is 807. The smallest absolute Gasteiger partial charge is 0.409 e. The van der Waals surface area contributed by atoms with Gasteiger partial charge >= 0.3 is 6.09 Å². The maximum atomic E-state index is 12.2. The minimum absolute atomic E-state index is 0.290. The molecule has 1 fully saturated rings. The van der Waals surface area contributed by atoms with E-state index in [4.69, 9.17) is 16.3 Å². The molecular formula is C18H20ClN5O3. The summed E-state index contributed by atoms with van der Waals surface area (Å²) in [6.45, 7) is 4.56. The Balaban J connectivity index is 1.56. The molecule has 3 rings (SSSR count). The summed E-state index contributed by atoms with van der Waals surface area (Å²) < 4.78 is 5.01. The van der Waals surface area contributed by atoms with Crippen LogP contribution in [-0.4, -0.2) is 59.9 Å². The third kappa shape index (κ3) is 4.85. The van der Waals surface area contributed by atoms with Gasteiger partial charge in [-0.15, -0.1) is 10.2 Å². The number of hydrogen-bond donors (Lipinski definition) is 1. The Labute approximate surface area is 162 Å². The van der Waals surface area contributed by atoms with Crippen molar-refractivity contribution in [1.82, 2.24) is 15.1 Å². The van der Waals surface area contributed by atoms with Gasteiger partial charge in [0.2, 0.25) is 0 Å². The maximum absolute atomic E-state index is 12.2. The van der Waals surface area contributed by atoms with Crippen LogP contribution >= 0.6 is 11.6 Å². The molecule has 1 saturated heterocycles. The van der Waals surface area contributed by atoms with Crippen molar-refractivity contribution in [2.45, 2.75) is 6.92 Å². The SMILES string of the molecule is CCOC(=O)N1CCN(c2ccc(NC(=O)c3cccc(Cl)c3)nn2)CC1. The van der Waals surface area contributed by atoms with Gasteiger partial charge in [0.25, 0.3) is 5.91 Å². The lowest BCUT2D eigenvalue weighted by Crippen LogP contribution is -2.49. The van der Waals surface area contributed by atoms with Gasteiger partial charge in [-0.1, -0.05) is 17.7 Å². The van der Waals surface area contributed by atoms with Gasteiger partial charge in [-0.25, -0.2) is 4.79 Å². The summed E-state index contributed by atoms with van der Waals surface area (Å²) in [6, 6.07) is 10.2. The Morgan fingerprint density at radius 2 is 1.93 bits per heavy atom. The van der Waals surface area contributed by atoms with Crippen LogP contribution < -0.4 is 10.2 Å². The zero-order chi connectivity index (χ0) is 19.2. The molecule has 0 radical (unpaired) electrons. The molecule has 142 valence electrons. The number of carbonyl (C=O) groups is 2. The van der Waals surface area contributed by atoms with Gasteiger partial charge in [0.15, 0.2) is 11.6 Å². The lowest BCUT2D eigenvalue weighted by molar-refractivity contribution is 0.102. The molecular weight excluding hydrogens is 370 g/mol. The van der Waals surface area contributed by atoms with Crippen LogP contribution in [0.3, 0.4) is 0 Å². The zero-order valence-electron chi connectivity index (χ0n) is 14.9. The first-order chi connectivity index (χ1) is 13.1. The highest BCUT2D eigenvalue weighted by Crippen LogP contribution is 2.16. The summed E-state index contributed by atoms with van der Waals surface area (Å²) in [4.78, 5) is 27.7. The highest BCUT2D eigenvalue weighted by Gasteiger charge is 2.22. The van der Waals surface area contributed by atoms with Crippen LogP contribution in [0.5, 0.6) is 0 Å². The number of nitrogens with one attached hydrogen (secondary N) is 1. The fraction of sp³-hybridized carbons (Fsp3) is 0.333. The number of carbonyl (C=O) groups excluding carboxylic acids is 2. The first-order valence-corrected chi connectivity index (χ1v) is 9.02. The van der Waals surface area contributed by atoms with Crippen molar-refractivity contribution in [2.24, 2.45) is 0 Å². The molecule has 8 nitrogen and oxygen atoms in total. The molecule has 0 atom stereocenters.